The van der Waals surface area contributed by atoms with E-state index in [2.05, 4.69) is 0 Å². The molecule has 1 aliphatic rings. The van der Waals surface area contributed by atoms with Crippen molar-refractivity contribution in [3.05, 3.63) is 33.8 Å². The highest BCUT2D eigenvalue weighted by Crippen LogP contribution is 2.33. The van der Waals surface area contributed by atoms with Crippen molar-refractivity contribution in [2.75, 3.05) is 5.88 Å². The maximum absolute atomic E-state index is 12.6. The molecule has 110 valence electrons. The topological polar surface area (TPSA) is 20.3 Å². The highest BCUT2D eigenvalue weighted by atomic mass is 35.5. The number of alkyl halides is 1. The smallest absolute Gasteiger partial charge is 0.229 e. The molecule has 1 fully saturated rings. The number of rotatable bonds is 5. The summed E-state index contributed by atoms with van der Waals surface area (Å²) < 4.78 is 0. The Bertz CT molecular complexity index is 512. The lowest BCUT2D eigenvalue weighted by Crippen LogP contribution is -2.42. The Labute approximate surface area is 135 Å². The zero-order valence-electron chi connectivity index (χ0n) is 11.6. The van der Waals surface area contributed by atoms with Gasteiger partial charge in [-0.05, 0) is 44.4 Å². The zero-order valence-corrected chi connectivity index (χ0v) is 13.9. The molecule has 0 saturated heterocycles. The second-order valence-corrected chi connectivity index (χ2v) is 7.01. The average molecular weight is 335 g/mol. The maximum Gasteiger partial charge on any atom is 0.229 e. The van der Waals surface area contributed by atoms with Gasteiger partial charge < -0.3 is 4.90 Å². The van der Waals surface area contributed by atoms with Crippen LogP contribution in [0.15, 0.2) is 18.2 Å². The third kappa shape index (κ3) is 3.60. The van der Waals surface area contributed by atoms with Gasteiger partial charge in [0.2, 0.25) is 5.91 Å². The first-order valence-electron chi connectivity index (χ1n) is 6.66. The molecule has 0 unspecified atom stereocenters. The lowest BCUT2D eigenvalue weighted by atomic mass is 9.94. The number of halogens is 3. The molecular weight excluding hydrogens is 317 g/mol. The summed E-state index contributed by atoms with van der Waals surface area (Å²) in [6.07, 6.45) is 2.12. The molecule has 0 spiro atoms. The van der Waals surface area contributed by atoms with Crippen LogP contribution >= 0.6 is 34.8 Å². The molecule has 0 bridgehead atoms. The summed E-state index contributed by atoms with van der Waals surface area (Å²) in [4.78, 5) is 14.5. The molecule has 0 aromatic heterocycles. The molecule has 5 heteroatoms. The van der Waals surface area contributed by atoms with Crippen LogP contribution in [0.5, 0.6) is 0 Å². The van der Waals surface area contributed by atoms with E-state index in [1.54, 1.807) is 6.07 Å². The summed E-state index contributed by atoms with van der Waals surface area (Å²) in [7, 11) is 0. The SMILES string of the molecule is CC(C)(CCl)C(=O)N(Cc1ccc(Cl)c(Cl)c1)C1CC1. The predicted octanol–water partition coefficient (Wildman–Crippen LogP) is 4.75. The van der Waals surface area contributed by atoms with Crippen LogP contribution in [0.2, 0.25) is 10.0 Å². The first-order valence-corrected chi connectivity index (χ1v) is 7.95. The third-order valence-corrected chi connectivity index (χ3v) is 4.91. The summed E-state index contributed by atoms with van der Waals surface area (Å²) in [5.41, 5.74) is 0.449. The van der Waals surface area contributed by atoms with Gasteiger partial charge in [-0.3, -0.25) is 4.79 Å². The molecule has 1 amide bonds. The van der Waals surface area contributed by atoms with Gasteiger partial charge in [0, 0.05) is 18.5 Å². The number of hydrogen-bond donors (Lipinski definition) is 0. The Hall–Kier alpha value is -0.440. The summed E-state index contributed by atoms with van der Waals surface area (Å²) >= 11 is 17.9. The highest BCUT2D eigenvalue weighted by Gasteiger charge is 2.39. The molecule has 0 atom stereocenters. The molecule has 2 nitrogen and oxygen atoms in total. The predicted molar refractivity (Wildman–Crippen MR) is 84.5 cm³/mol. The van der Waals surface area contributed by atoms with Crippen molar-refractivity contribution in [2.45, 2.75) is 39.3 Å². The molecular formula is C15H18Cl3NO. The first kappa shape index (κ1) is 15.9. The monoisotopic (exact) mass is 333 g/mol. The van der Waals surface area contributed by atoms with Crippen LogP contribution in [0.1, 0.15) is 32.3 Å². The van der Waals surface area contributed by atoms with E-state index >= 15 is 0 Å². The molecule has 1 aromatic carbocycles. The van der Waals surface area contributed by atoms with Crippen molar-refractivity contribution in [2.24, 2.45) is 5.41 Å². The Morgan fingerprint density at radius 2 is 1.95 bits per heavy atom. The number of amides is 1. The molecule has 0 N–H and O–H groups in total. The van der Waals surface area contributed by atoms with Crippen LogP contribution in [0.25, 0.3) is 0 Å². The van der Waals surface area contributed by atoms with E-state index in [0.717, 1.165) is 18.4 Å². The average Bonchev–Trinajstić information content (AvgIpc) is 3.23. The summed E-state index contributed by atoms with van der Waals surface area (Å²) in [6.45, 7) is 4.32. The summed E-state index contributed by atoms with van der Waals surface area (Å²) in [6, 6.07) is 5.83. The van der Waals surface area contributed by atoms with Gasteiger partial charge in [-0.15, -0.1) is 11.6 Å². The Balaban J connectivity index is 2.17. The Morgan fingerprint density at radius 3 is 2.45 bits per heavy atom. The molecule has 1 saturated carbocycles. The van der Waals surface area contributed by atoms with Crippen LogP contribution in [0, 0.1) is 5.41 Å². The Kier molecular flexibility index (Phi) is 4.88. The van der Waals surface area contributed by atoms with Crippen molar-refractivity contribution >= 4 is 40.7 Å². The van der Waals surface area contributed by atoms with E-state index in [9.17, 15) is 4.79 Å². The van der Waals surface area contributed by atoms with Gasteiger partial charge in [-0.1, -0.05) is 29.3 Å². The standard InChI is InChI=1S/C15H18Cl3NO/c1-15(2,9-16)14(20)19(11-4-5-11)8-10-3-6-12(17)13(18)7-10/h3,6-7,11H,4-5,8-9H2,1-2H3. The van der Waals surface area contributed by atoms with Crippen molar-refractivity contribution < 1.29 is 4.79 Å². The minimum Gasteiger partial charge on any atom is -0.335 e. The van der Waals surface area contributed by atoms with E-state index < -0.39 is 5.41 Å². The van der Waals surface area contributed by atoms with Crippen LogP contribution in [0.3, 0.4) is 0 Å². The fourth-order valence-electron chi connectivity index (χ4n) is 2.03. The minimum atomic E-state index is -0.541. The highest BCUT2D eigenvalue weighted by molar-refractivity contribution is 6.42. The minimum absolute atomic E-state index is 0.0982. The van der Waals surface area contributed by atoms with Gasteiger partial charge in [-0.25, -0.2) is 0 Å². The number of carbonyl (C=O) groups excluding carboxylic acids is 1. The van der Waals surface area contributed by atoms with Crippen LogP contribution < -0.4 is 0 Å². The summed E-state index contributed by atoms with van der Waals surface area (Å²) in [5.74, 6) is 0.414. The van der Waals surface area contributed by atoms with Crippen LogP contribution in [0.4, 0.5) is 0 Å². The van der Waals surface area contributed by atoms with Gasteiger partial charge in [-0.2, -0.15) is 0 Å². The fourth-order valence-corrected chi connectivity index (χ4v) is 2.47. The first-order chi connectivity index (χ1) is 9.35. The Morgan fingerprint density at radius 1 is 1.30 bits per heavy atom. The molecule has 0 heterocycles. The molecule has 1 aromatic rings. The van der Waals surface area contributed by atoms with E-state index in [1.165, 1.54) is 0 Å². The zero-order chi connectivity index (χ0) is 14.9. The molecule has 2 rings (SSSR count). The van der Waals surface area contributed by atoms with E-state index in [0.29, 0.717) is 28.5 Å². The van der Waals surface area contributed by atoms with Crippen molar-refractivity contribution in [3.8, 4) is 0 Å². The van der Waals surface area contributed by atoms with Crippen molar-refractivity contribution in [3.63, 3.8) is 0 Å². The fraction of sp³-hybridized carbons (Fsp3) is 0.533. The third-order valence-electron chi connectivity index (χ3n) is 3.50. The van der Waals surface area contributed by atoms with Gasteiger partial charge >= 0.3 is 0 Å². The lowest BCUT2D eigenvalue weighted by molar-refractivity contribution is -0.140. The molecule has 1 aliphatic carbocycles. The lowest BCUT2D eigenvalue weighted by Gasteiger charge is -2.31. The van der Waals surface area contributed by atoms with Crippen molar-refractivity contribution in [1.82, 2.24) is 4.90 Å². The van der Waals surface area contributed by atoms with E-state index in [-0.39, 0.29) is 5.91 Å². The number of hydrogen-bond acceptors (Lipinski definition) is 1. The number of carbonyl (C=O) groups is 1. The van der Waals surface area contributed by atoms with Crippen molar-refractivity contribution in [1.29, 1.82) is 0 Å². The molecule has 0 radical (unpaired) electrons. The van der Waals surface area contributed by atoms with Gasteiger partial charge in [0.15, 0.2) is 0 Å². The van der Waals surface area contributed by atoms with Gasteiger partial charge in [0.05, 0.1) is 15.5 Å². The second kappa shape index (κ2) is 6.13. The van der Waals surface area contributed by atoms with Crippen LogP contribution in [-0.4, -0.2) is 22.7 Å². The second-order valence-electron chi connectivity index (χ2n) is 5.93. The quantitative estimate of drug-likeness (QED) is 0.712. The molecule has 20 heavy (non-hydrogen) atoms. The van der Waals surface area contributed by atoms with E-state index in [1.807, 2.05) is 30.9 Å². The largest absolute Gasteiger partial charge is 0.335 e. The van der Waals surface area contributed by atoms with Gasteiger partial charge in [0.1, 0.15) is 0 Å². The normalized spacial score (nSPS) is 15.2. The van der Waals surface area contributed by atoms with E-state index in [4.69, 9.17) is 34.8 Å². The number of nitrogens with zero attached hydrogens (tertiary/aromatic N) is 1. The molecule has 0 aliphatic heterocycles. The number of benzene rings is 1. The maximum atomic E-state index is 12.6. The van der Waals surface area contributed by atoms with Crippen LogP contribution in [-0.2, 0) is 11.3 Å². The summed E-state index contributed by atoms with van der Waals surface area (Å²) in [5, 5.41) is 1.05. The van der Waals surface area contributed by atoms with Gasteiger partial charge in [0.25, 0.3) is 0 Å².